The highest BCUT2D eigenvalue weighted by molar-refractivity contribution is 5.87. The van der Waals surface area contributed by atoms with E-state index < -0.39 is 0 Å². The van der Waals surface area contributed by atoms with Gasteiger partial charge in [0.25, 0.3) is 0 Å². The number of ketones is 1. The molecule has 3 aliphatic carbocycles. The van der Waals surface area contributed by atoms with E-state index in [1.54, 1.807) is 0 Å². The van der Waals surface area contributed by atoms with Crippen molar-refractivity contribution in [3.63, 3.8) is 0 Å². The minimum absolute atomic E-state index is 0.0311. The van der Waals surface area contributed by atoms with Crippen molar-refractivity contribution in [2.75, 3.05) is 0 Å². The van der Waals surface area contributed by atoms with E-state index in [-0.39, 0.29) is 5.41 Å². The Morgan fingerprint density at radius 1 is 1.18 bits per heavy atom. The Balaban J connectivity index is 1.61. The SMILES string of the molecule is CC12CCC3c4ccc5n[nH]nc5c4CCC3C1CCC2=O. The monoisotopic (exact) mass is 295 g/mol. The standard InChI is InChI=1S/C18H21N3O/c1-18-9-8-11-10-4-6-15-17(20-21-19-15)13(10)3-2-12(11)14(18)5-7-16(18)22/h4,6,11-12,14H,2-3,5,7-9H2,1H3,(H,19,20,21). The topological polar surface area (TPSA) is 58.6 Å². The normalized spacial score (nSPS) is 37.0. The minimum atomic E-state index is -0.0311. The van der Waals surface area contributed by atoms with Gasteiger partial charge in [-0.25, -0.2) is 0 Å². The summed E-state index contributed by atoms with van der Waals surface area (Å²) in [5.74, 6) is 2.42. The molecule has 22 heavy (non-hydrogen) atoms. The predicted molar refractivity (Wildman–Crippen MR) is 83.5 cm³/mol. The minimum Gasteiger partial charge on any atom is -0.299 e. The second-order valence-electron chi connectivity index (χ2n) is 7.66. The molecule has 2 fully saturated rings. The van der Waals surface area contributed by atoms with Crippen molar-refractivity contribution in [1.29, 1.82) is 0 Å². The van der Waals surface area contributed by atoms with Crippen LogP contribution in [0.5, 0.6) is 0 Å². The van der Waals surface area contributed by atoms with Crippen LogP contribution in [0, 0.1) is 17.3 Å². The number of nitrogens with zero attached hydrogens (tertiary/aromatic N) is 2. The lowest BCUT2D eigenvalue weighted by Crippen LogP contribution is -2.42. The van der Waals surface area contributed by atoms with Crippen molar-refractivity contribution in [2.24, 2.45) is 17.3 Å². The highest BCUT2D eigenvalue weighted by Gasteiger charge is 2.54. The largest absolute Gasteiger partial charge is 0.299 e. The third kappa shape index (κ3) is 1.46. The van der Waals surface area contributed by atoms with Gasteiger partial charge in [-0.15, -0.1) is 0 Å². The van der Waals surface area contributed by atoms with E-state index in [9.17, 15) is 4.79 Å². The molecule has 2 aromatic rings. The molecule has 4 unspecified atom stereocenters. The molecule has 4 heteroatoms. The third-order valence-corrected chi connectivity index (χ3v) is 6.90. The van der Waals surface area contributed by atoms with Crippen molar-refractivity contribution in [3.8, 4) is 0 Å². The molecule has 4 atom stereocenters. The zero-order valence-electron chi connectivity index (χ0n) is 12.9. The van der Waals surface area contributed by atoms with E-state index in [1.807, 2.05) is 0 Å². The number of carbonyl (C=O) groups is 1. The van der Waals surface area contributed by atoms with Gasteiger partial charge in [0.1, 0.15) is 16.8 Å². The lowest BCUT2D eigenvalue weighted by Gasteiger charge is -2.48. The summed E-state index contributed by atoms with van der Waals surface area (Å²) >= 11 is 0. The molecule has 1 heterocycles. The zero-order valence-corrected chi connectivity index (χ0v) is 12.9. The lowest BCUT2D eigenvalue weighted by atomic mass is 9.55. The summed E-state index contributed by atoms with van der Waals surface area (Å²) in [7, 11) is 0. The average Bonchev–Trinajstić information content (AvgIpc) is 3.12. The summed E-state index contributed by atoms with van der Waals surface area (Å²) in [6, 6.07) is 4.38. The molecule has 2 saturated carbocycles. The van der Waals surface area contributed by atoms with Crippen molar-refractivity contribution >= 4 is 16.8 Å². The van der Waals surface area contributed by atoms with Gasteiger partial charge in [0.05, 0.1) is 0 Å². The molecule has 3 aliphatic rings. The van der Waals surface area contributed by atoms with Crippen LogP contribution >= 0.6 is 0 Å². The number of aryl methyl sites for hydroxylation is 1. The number of benzene rings is 1. The molecule has 1 aromatic carbocycles. The average molecular weight is 295 g/mol. The molecule has 0 aliphatic heterocycles. The van der Waals surface area contributed by atoms with E-state index in [2.05, 4.69) is 34.5 Å². The molecule has 0 saturated heterocycles. The second kappa shape index (κ2) is 4.18. The van der Waals surface area contributed by atoms with E-state index in [0.717, 1.165) is 43.1 Å². The third-order valence-electron chi connectivity index (χ3n) is 6.90. The summed E-state index contributed by atoms with van der Waals surface area (Å²) in [5, 5.41) is 11.4. The number of H-pyrrole nitrogens is 1. The van der Waals surface area contributed by atoms with Gasteiger partial charge in [0, 0.05) is 11.8 Å². The Morgan fingerprint density at radius 2 is 2.09 bits per heavy atom. The number of hydrogen-bond donors (Lipinski definition) is 1. The van der Waals surface area contributed by atoms with Crippen LogP contribution in [0.4, 0.5) is 0 Å². The maximum atomic E-state index is 12.4. The van der Waals surface area contributed by atoms with Crippen LogP contribution in [0.3, 0.4) is 0 Å². The van der Waals surface area contributed by atoms with Crippen LogP contribution in [0.15, 0.2) is 12.1 Å². The van der Waals surface area contributed by atoms with E-state index in [0.29, 0.717) is 23.5 Å². The molecule has 1 aromatic heterocycles. The second-order valence-corrected chi connectivity index (χ2v) is 7.66. The Hall–Kier alpha value is -1.71. The van der Waals surface area contributed by atoms with Crippen molar-refractivity contribution < 1.29 is 4.79 Å². The van der Waals surface area contributed by atoms with E-state index in [1.165, 1.54) is 17.5 Å². The van der Waals surface area contributed by atoms with Crippen LogP contribution in [-0.4, -0.2) is 21.2 Å². The number of rotatable bonds is 0. The lowest BCUT2D eigenvalue weighted by molar-refractivity contribution is -0.129. The van der Waals surface area contributed by atoms with Crippen molar-refractivity contribution in [3.05, 3.63) is 23.3 Å². The van der Waals surface area contributed by atoms with Crippen molar-refractivity contribution in [2.45, 2.75) is 51.4 Å². The fourth-order valence-corrected chi connectivity index (χ4v) is 5.75. The first-order valence-electron chi connectivity index (χ1n) is 8.54. The summed E-state index contributed by atoms with van der Waals surface area (Å²) in [6.45, 7) is 2.24. The van der Waals surface area contributed by atoms with Gasteiger partial charge in [-0.1, -0.05) is 13.0 Å². The Kier molecular flexibility index (Phi) is 2.43. The molecule has 4 nitrogen and oxygen atoms in total. The number of fused-ring (bicyclic) bond motifs is 7. The Morgan fingerprint density at radius 3 is 3.00 bits per heavy atom. The Bertz CT molecular complexity index is 780. The van der Waals surface area contributed by atoms with Crippen LogP contribution in [0.1, 0.15) is 56.1 Å². The number of Topliss-reactive ketones (excluding diaryl/α,β-unsaturated/α-hetero) is 1. The van der Waals surface area contributed by atoms with Crippen LogP contribution < -0.4 is 0 Å². The Labute approximate surface area is 129 Å². The molecular formula is C18H21N3O. The summed E-state index contributed by atoms with van der Waals surface area (Å²) in [5.41, 5.74) is 4.90. The van der Waals surface area contributed by atoms with Crippen LogP contribution in [0.25, 0.3) is 11.0 Å². The molecule has 0 spiro atoms. The van der Waals surface area contributed by atoms with Gasteiger partial charge in [-0.3, -0.25) is 4.79 Å². The number of aromatic nitrogens is 3. The fourth-order valence-electron chi connectivity index (χ4n) is 5.75. The van der Waals surface area contributed by atoms with Gasteiger partial charge < -0.3 is 0 Å². The van der Waals surface area contributed by atoms with Gasteiger partial charge in [-0.05, 0) is 67.1 Å². The molecule has 0 bridgehead atoms. The molecule has 5 rings (SSSR count). The van der Waals surface area contributed by atoms with Gasteiger partial charge >= 0.3 is 0 Å². The zero-order chi connectivity index (χ0) is 14.9. The first-order valence-corrected chi connectivity index (χ1v) is 8.54. The van der Waals surface area contributed by atoms with Crippen molar-refractivity contribution in [1.82, 2.24) is 15.4 Å². The van der Waals surface area contributed by atoms with Crippen LogP contribution in [0.2, 0.25) is 0 Å². The van der Waals surface area contributed by atoms with Crippen LogP contribution in [-0.2, 0) is 11.2 Å². The number of nitrogens with one attached hydrogen (secondary N) is 1. The fraction of sp³-hybridized carbons (Fsp3) is 0.611. The molecule has 0 radical (unpaired) electrons. The van der Waals surface area contributed by atoms with Gasteiger partial charge in [0.15, 0.2) is 0 Å². The highest BCUT2D eigenvalue weighted by Crippen LogP contribution is 2.59. The molecule has 114 valence electrons. The molecule has 1 N–H and O–H groups in total. The maximum absolute atomic E-state index is 12.4. The number of hydrogen-bond acceptors (Lipinski definition) is 3. The highest BCUT2D eigenvalue weighted by atomic mass is 16.1. The quantitative estimate of drug-likeness (QED) is 0.810. The first kappa shape index (κ1) is 12.8. The summed E-state index contributed by atoms with van der Waals surface area (Å²) in [6.07, 6.45) is 6.42. The summed E-state index contributed by atoms with van der Waals surface area (Å²) < 4.78 is 0. The molecule has 0 amide bonds. The van der Waals surface area contributed by atoms with Gasteiger partial charge in [0.2, 0.25) is 0 Å². The van der Waals surface area contributed by atoms with E-state index in [4.69, 9.17) is 0 Å². The number of aromatic amines is 1. The maximum Gasteiger partial charge on any atom is 0.139 e. The first-order chi connectivity index (χ1) is 10.7. The smallest absolute Gasteiger partial charge is 0.139 e. The summed E-state index contributed by atoms with van der Waals surface area (Å²) in [4.78, 5) is 12.4. The molecular weight excluding hydrogens is 274 g/mol. The predicted octanol–water partition coefficient (Wildman–Crippen LogP) is 3.38. The van der Waals surface area contributed by atoms with E-state index >= 15 is 0 Å². The van der Waals surface area contributed by atoms with Gasteiger partial charge in [-0.2, -0.15) is 15.4 Å². The number of carbonyl (C=O) groups excluding carboxylic acids is 1.